The van der Waals surface area contributed by atoms with Crippen molar-refractivity contribution in [2.24, 2.45) is 5.10 Å². The van der Waals surface area contributed by atoms with Gasteiger partial charge >= 0.3 is 11.8 Å². The van der Waals surface area contributed by atoms with Gasteiger partial charge in [0.2, 0.25) is 0 Å². The molecule has 0 saturated heterocycles. The van der Waals surface area contributed by atoms with Crippen LogP contribution in [-0.2, 0) is 16.0 Å². The molecule has 0 spiro atoms. The van der Waals surface area contributed by atoms with Crippen LogP contribution in [0.2, 0.25) is 0 Å². The molecule has 126 valence electrons. The van der Waals surface area contributed by atoms with Crippen molar-refractivity contribution in [3.05, 3.63) is 65.9 Å². The van der Waals surface area contributed by atoms with Crippen molar-refractivity contribution in [3.8, 4) is 0 Å². The number of nitrogens with zero attached hydrogens (tertiary/aromatic N) is 1. The first-order chi connectivity index (χ1) is 12.2. The summed E-state index contributed by atoms with van der Waals surface area (Å²) in [6, 6.07) is 15.1. The number of hydrogen-bond donors (Lipinski definition) is 3. The molecule has 0 bridgehead atoms. The van der Waals surface area contributed by atoms with E-state index in [0.29, 0.717) is 5.69 Å². The molecule has 0 unspecified atom stereocenters. The summed E-state index contributed by atoms with van der Waals surface area (Å²) >= 11 is 0. The highest BCUT2D eigenvalue weighted by Gasteiger charge is 2.12. The Morgan fingerprint density at radius 3 is 2.60 bits per heavy atom. The normalized spacial score (nSPS) is 10.9. The van der Waals surface area contributed by atoms with E-state index >= 15 is 0 Å². The van der Waals surface area contributed by atoms with Crippen LogP contribution in [-0.4, -0.2) is 23.0 Å². The lowest BCUT2D eigenvalue weighted by atomic mass is 10.1. The van der Waals surface area contributed by atoms with Crippen LogP contribution in [0, 0.1) is 0 Å². The van der Waals surface area contributed by atoms with Crippen LogP contribution in [0.3, 0.4) is 0 Å². The van der Waals surface area contributed by atoms with Gasteiger partial charge in [-0.15, -0.1) is 0 Å². The highest BCUT2D eigenvalue weighted by Crippen LogP contribution is 2.15. The Hall–Kier alpha value is -3.41. The van der Waals surface area contributed by atoms with Crippen LogP contribution >= 0.6 is 0 Å². The maximum absolute atomic E-state index is 11.9. The molecule has 6 nitrogen and oxygen atoms in total. The van der Waals surface area contributed by atoms with Gasteiger partial charge in [-0.2, -0.15) is 5.10 Å². The molecule has 0 saturated carbocycles. The molecule has 0 aliphatic rings. The van der Waals surface area contributed by atoms with Gasteiger partial charge in [-0.05, 0) is 30.2 Å². The van der Waals surface area contributed by atoms with Crippen LogP contribution in [0.15, 0.2) is 59.8 Å². The van der Waals surface area contributed by atoms with E-state index in [0.717, 1.165) is 28.5 Å². The summed E-state index contributed by atoms with van der Waals surface area (Å²) in [6.45, 7) is 2.05. The van der Waals surface area contributed by atoms with Gasteiger partial charge in [0.1, 0.15) is 0 Å². The van der Waals surface area contributed by atoms with Crippen molar-refractivity contribution in [1.29, 1.82) is 0 Å². The number of carbonyl (C=O) groups excluding carboxylic acids is 2. The number of hydrogen-bond acceptors (Lipinski definition) is 3. The Kier molecular flexibility index (Phi) is 4.89. The summed E-state index contributed by atoms with van der Waals surface area (Å²) in [5.41, 5.74) is 5.76. The molecule has 2 aromatic carbocycles. The fourth-order valence-corrected chi connectivity index (χ4v) is 2.42. The lowest BCUT2D eigenvalue weighted by molar-refractivity contribution is -0.136. The molecule has 1 heterocycles. The highest BCUT2D eigenvalue weighted by atomic mass is 16.2. The van der Waals surface area contributed by atoms with Gasteiger partial charge in [0.15, 0.2) is 0 Å². The lowest BCUT2D eigenvalue weighted by Crippen LogP contribution is -2.32. The number of H-pyrrole nitrogens is 1. The number of nitrogens with one attached hydrogen (secondary N) is 3. The lowest BCUT2D eigenvalue weighted by Gasteiger charge is -2.04. The molecule has 0 aliphatic carbocycles. The Morgan fingerprint density at radius 2 is 1.84 bits per heavy atom. The number of aromatic nitrogens is 1. The fourth-order valence-electron chi connectivity index (χ4n) is 2.42. The Morgan fingerprint density at radius 1 is 1.08 bits per heavy atom. The van der Waals surface area contributed by atoms with E-state index in [1.165, 1.54) is 6.21 Å². The zero-order valence-corrected chi connectivity index (χ0v) is 13.7. The summed E-state index contributed by atoms with van der Waals surface area (Å²) < 4.78 is 0. The van der Waals surface area contributed by atoms with E-state index < -0.39 is 11.8 Å². The first-order valence-electron chi connectivity index (χ1n) is 7.97. The standard InChI is InChI=1S/C19H18N4O2/c1-2-13-7-9-15(10-8-13)22-18(24)19(25)23-21-12-14-11-20-17-6-4-3-5-16(14)17/h3-12,20H,2H2,1H3,(H,22,24)(H,23,25)/b21-12+. The second kappa shape index (κ2) is 7.44. The van der Waals surface area contributed by atoms with E-state index in [2.05, 4.69) is 20.8 Å². The first-order valence-corrected chi connectivity index (χ1v) is 7.97. The molecule has 2 amide bonds. The average Bonchev–Trinajstić information content (AvgIpc) is 3.05. The average molecular weight is 334 g/mol. The molecule has 0 aliphatic heterocycles. The smallest absolute Gasteiger partial charge is 0.329 e. The van der Waals surface area contributed by atoms with Crippen LogP contribution in [0.5, 0.6) is 0 Å². The van der Waals surface area contributed by atoms with Crippen molar-refractivity contribution in [1.82, 2.24) is 10.4 Å². The number of amides is 2. The molecule has 6 heteroatoms. The van der Waals surface area contributed by atoms with Crippen LogP contribution in [0.1, 0.15) is 18.1 Å². The Balaban J connectivity index is 1.58. The molecule has 1 aromatic heterocycles. The van der Waals surface area contributed by atoms with E-state index in [9.17, 15) is 9.59 Å². The van der Waals surface area contributed by atoms with Crippen molar-refractivity contribution in [3.63, 3.8) is 0 Å². The largest absolute Gasteiger partial charge is 0.361 e. The third kappa shape index (κ3) is 3.92. The van der Waals surface area contributed by atoms with Crippen LogP contribution in [0.4, 0.5) is 5.69 Å². The summed E-state index contributed by atoms with van der Waals surface area (Å²) in [4.78, 5) is 26.8. The molecule has 0 atom stereocenters. The molecular weight excluding hydrogens is 316 g/mol. The van der Waals surface area contributed by atoms with Crippen LogP contribution < -0.4 is 10.7 Å². The summed E-state index contributed by atoms with van der Waals surface area (Å²) in [7, 11) is 0. The van der Waals surface area contributed by atoms with Crippen molar-refractivity contribution in [2.75, 3.05) is 5.32 Å². The predicted octanol–water partition coefficient (Wildman–Crippen LogP) is 2.82. The Bertz CT molecular complexity index is 926. The minimum absolute atomic E-state index is 0.568. The van der Waals surface area contributed by atoms with E-state index in [1.54, 1.807) is 18.3 Å². The third-order valence-corrected chi connectivity index (χ3v) is 3.82. The summed E-state index contributed by atoms with van der Waals surface area (Å²) in [6.07, 6.45) is 4.20. The minimum atomic E-state index is -0.823. The number of carbonyl (C=O) groups is 2. The number of anilines is 1. The first kappa shape index (κ1) is 16.4. The zero-order chi connectivity index (χ0) is 17.6. The molecule has 0 radical (unpaired) electrons. The number of aromatic amines is 1. The van der Waals surface area contributed by atoms with Gasteiger partial charge in [0.25, 0.3) is 0 Å². The number of rotatable bonds is 4. The number of hydrazone groups is 1. The van der Waals surface area contributed by atoms with Crippen molar-refractivity contribution in [2.45, 2.75) is 13.3 Å². The Labute approximate surface area is 144 Å². The molecule has 25 heavy (non-hydrogen) atoms. The predicted molar refractivity (Wildman–Crippen MR) is 98.5 cm³/mol. The van der Waals surface area contributed by atoms with Gasteiger partial charge in [0, 0.05) is 28.4 Å². The fraction of sp³-hybridized carbons (Fsp3) is 0.105. The molecule has 3 aromatic rings. The third-order valence-electron chi connectivity index (χ3n) is 3.82. The van der Waals surface area contributed by atoms with Crippen molar-refractivity contribution >= 4 is 34.6 Å². The molecule has 3 N–H and O–H groups in total. The highest BCUT2D eigenvalue weighted by molar-refractivity contribution is 6.39. The van der Waals surface area contributed by atoms with Gasteiger partial charge in [0.05, 0.1) is 6.21 Å². The van der Waals surface area contributed by atoms with E-state index in [4.69, 9.17) is 0 Å². The van der Waals surface area contributed by atoms with Gasteiger partial charge in [-0.1, -0.05) is 37.3 Å². The second-order valence-electron chi connectivity index (χ2n) is 5.49. The minimum Gasteiger partial charge on any atom is -0.361 e. The molecule has 0 fully saturated rings. The number of aryl methyl sites for hydroxylation is 1. The maximum atomic E-state index is 11.9. The second-order valence-corrected chi connectivity index (χ2v) is 5.49. The van der Waals surface area contributed by atoms with Gasteiger partial charge < -0.3 is 10.3 Å². The summed E-state index contributed by atoms with van der Waals surface area (Å²) in [5.74, 6) is -1.59. The van der Waals surface area contributed by atoms with Gasteiger partial charge in [-0.3, -0.25) is 9.59 Å². The maximum Gasteiger partial charge on any atom is 0.329 e. The number of benzene rings is 2. The topological polar surface area (TPSA) is 86.3 Å². The quantitative estimate of drug-likeness (QED) is 0.389. The van der Waals surface area contributed by atoms with E-state index in [-0.39, 0.29) is 0 Å². The van der Waals surface area contributed by atoms with Gasteiger partial charge in [-0.25, -0.2) is 5.43 Å². The van der Waals surface area contributed by atoms with Crippen LogP contribution in [0.25, 0.3) is 10.9 Å². The molecule has 3 rings (SSSR count). The van der Waals surface area contributed by atoms with E-state index in [1.807, 2.05) is 43.3 Å². The zero-order valence-electron chi connectivity index (χ0n) is 13.7. The number of fused-ring (bicyclic) bond motifs is 1. The summed E-state index contributed by atoms with van der Waals surface area (Å²) in [5, 5.41) is 7.37. The van der Waals surface area contributed by atoms with Crippen molar-refractivity contribution < 1.29 is 9.59 Å². The number of para-hydroxylation sites is 1. The molecular formula is C19H18N4O2. The monoisotopic (exact) mass is 334 g/mol. The SMILES string of the molecule is CCc1ccc(NC(=O)C(=O)N/N=C/c2c[nH]c3ccccc23)cc1.